The van der Waals surface area contributed by atoms with Gasteiger partial charge in [0.2, 0.25) is 0 Å². The molecule has 0 spiro atoms. The number of carbonyl (C=O) groups is 1. The molecule has 1 heterocycles. The zero-order chi connectivity index (χ0) is 11.3. The van der Waals surface area contributed by atoms with Gasteiger partial charge in [-0.25, -0.2) is 4.79 Å². The Balaban J connectivity index is 2.23. The number of hydrogen-bond donors (Lipinski definition) is 1. The van der Waals surface area contributed by atoms with Crippen molar-refractivity contribution in [3.8, 4) is 0 Å². The van der Waals surface area contributed by atoms with E-state index >= 15 is 0 Å². The number of hydrogen-bond acceptors (Lipinski definition) is 3. The summed E-state index contributed by atoms with van der Waals surface area (Å²) >= 11 is 0. The predicted octanol–water partition coefficient (Wildman–Crippen LogP) is 0.653. The van der Waals surface area contributed by atoms with Crippen LogP contribution in [0.2, 0.25) is 0 Å². The minimum atomic E-state index is -0.865. The normalized spacial score (nSPS) is 20.2. The van der Waals surface area contributed by atoms with Gasteiger partial charge in [0.1, 0.15) is 0 Å². The van der Waals surface area contributed by atoms with Crippen LogP contribution in [0.1, 0.15) is 13.8 Å². The number of aliphatic carboxylic acids is 1. The Kier molecular flexibility index (Phi) is 4.78. The lowest BCUT2D eigenvalue weighted by Gasteiger charge is -2.36. The van der Waals surface area contributed by atoms with Gasteiger partial charge >= 0.3 is 5.97 Å². The first kappa shape index (κ1) is 12.2. The van der Waals surface area contributed by atoms with Gasteiger partial charge in [-0.1, -0.05) is 6.08 Å². The highest BCUT2D eigenvalue weighted by molar-refractivity contribution is 5.79. The molecule has 1 saturated heterocycles. The third-order valence-electron chi connectivity index (χ3n) is 2.76. The first-order valence-electron chi connectivity index (χ1n) is 5.45. The third-order valence-corrected chi connectivity index (χ3v) is 2.76. The molecule has 86 valence electrons. The van der Waals surface area contributed by atoms with Crippen molar-refractivity contribution in [1.29, 1.82) is 0 Å². The number of carboxylic acid groups (broad SMARTS) is 1. The second-order valence-electron chi connectivity index (χ2n) is 4.17. The monoisotopic (exact) mass is 212 g/mol. The van der Waals surface area contributed by atoms with Crippen LogP contribution in [-0.4, -0.2) is 59.6 Å². The van der Waals surface area contributed by atoms with Crippen molar-refractivity contribution >= 4 is 5.97 Å². The quantitative estimate of drug-likeness (QED) is 0.695. The Bertz CT molecular complexity index is 231. The summed E-state index contributed by atoms with van der Waals surface area (Å²) in [6.45, 7) is 9.39. The van der Waals surface area contributed by atoms with E-state index in [-0.39, 0.29) is 0 Å². The van der Waals surface area contributed by atoms with E-state index in [1.54, 1.807) is 6.08 Å². The molecule has 1 aliphatic heterocycles. The fourth-order valence-corrected chi connectivity index (χ4v) is 1.76. The van der Waals surface area contributed by atoms with Crippen LogP contribution in [-0.2, 0) is 4.79 Å². The number of carboxylic acids is 1. The van der Waals surface area contributed by atoms with E-state index in [0.29, 0.717) is 6.04 Å². The van der Waals surface area contributed by atoms with Gasteiger partial charge in [-0.05, 0) is 13.8 Å². The van der Waals surface area contributed by atoms with Crippen molar-refractivity contribution in [2.45, 2.75) is 19.9 Å². The summed E-state index contributed by atoms with van der Waals surface area (Å²) < 4.78 is 0. The molecule has 0 bridgehead atoms. The van der Waals surface area contributed by atoms with E-state index in [2.05, 4.69) is 23.6 Å². The van der Waals surface area contributed by atoms with Crippen molar-refractivity contribution in [2.24, 2.45) is 0 Å². The molecule has 0 aromatic rings. The van der Waals surface area contributed by atoms with Crippen LogP contribution in [0.3, 0.4) is 0 Å². The average Bonchev–Trinajstić information content (AvgIpc) is 2.18. The van der Waals surface area contributed by atoms with Gasteiger partial charge in [0.05, 0.1) is 0 Å². The molecule has 0 saturated carbocycles. The van der Waals surface area contributed by atoms with E-state index in [1.807, 2.05) is 0 Å². The molecule has 1 N–H and O–H groups in total. The highest BCUT2D eigenvalue weighted by Gasteiger charge is 2.17. The van der Waals surface area contributed by atoms with Crippen molar-refractivity contribution in [1.82, 2.24) is 9.80 Å². The first-order chi connectivity index (χ1) is 7.09. The summed E-state index contributed by atoms with van der Waals surface area (Å²) in [6, 6.07) is 0.613. The van der Waals surface area contributed by atoms with Gasteiger partial charge in [0.15, 0.2) is 0 Å². The Labute approximate surface area is 91.2 Å². The predicted molar refractivity (Wildman–Crippen MR) is 59.9 cm³/mol. The molecule has 4 nitrogen and oxygen atoms in total. The Morgan fingerprint density at radius 3 is 2.40 bits per heavy atom. The zero-order valence-corrected chi connectivity index (χ0v) is 9.52. The lowest BCUT2D eigenvalue weighted by molar-refractivity contribution is -0.131. The fourth-order valence-electron chi connectivity index (χ4n) is 1.76. The molecule has 0 aliphatic carbocycles. The summed E-state index contributed by atoms with van der Waals surface area (Å²) in [5.74, 6) is -0.865. The molecule has 0 radical (unpaired) electrons. The smallest absolute Gasteiger partial charge is 0.328 e. The molecule has 0 aromatic carbocycles. The van der Waals surface area contributed by atoms with Crippen LogP contribution in [0.25, 0.3) is 0 Å². The lowest BCUT2D eigenvalue weighted by Crippen LogP contribution is -2.48. The van der Waals surface area contributed by atoms with Crippen molar-refractivity contribution in [2.75, 3.05) is 32.7 Å². The van der Waals surface area contributed by atoms with Crippen LogP contribution in [0.15, 0.2) is 12.2 Å². The van der Waals surface area contributed by atoms with Crippen molar-refractivity contribution < 1.29 is 9.90 Å². The second-order valence-corrected chi connectivity index (χ2v) is 4.17. The van der Waals surface area contributed by atoms with Gasteiger partial charge < -0.3 is 5.11 Å². The van der Waals surface area contributed by atoms with E-state index in [1.165, 1.54) is 6.08 Å². The summed E-state index contributed by atoms with van der Waals surface area (Å²) in [4.78, 5) is 15.0. The largest absolute Gasteiger partial charge is 0.478 e. The highest BCUT2D eigenvalue weighted by Crippen LogP contribution is 2.05. The van der Waals surface area contributed by atoms with Crippen LogP contribution in [0.5, 0.6) is 0 Å². The molecule has 15 heavy (non-hydrogen) atoms. The van der Waals surface area contributed by atoms with Crippen LogP contribution < -0.4 is 0 Å². The van der Waals surface area contributed by atoms with Gasteiger partial charge in [0.25, 0.3) is 0 Å². The second kappa shape index (κ2) is 5.88. The fraction of sp³-hybridized carbons (Fsp3) is 0.727. The Morgan fingerprint density at radius 2 is 1.93 bits per heavy atom. The van der Waals surface area contributed by atoms with E-state index < -0.39 is 5.97 Å². The van der Waals surface area contributed by atoms with Crippen LogP contribution in [0.4, 0.5) is 0 Å². The standard InChI is InChI=1S/C11H20N2O2/c1-10(2)13-8-6-12(7-9-13)5-3-4-11(14)15/h3-4,10H,5-9H2,1-2H3,(H,14,15)/b4-3+. The molecule has 1 aliphatic rings. The van der Waals surface area contributed by atoms with Crippen LogP contribution in [0, 0.1) is 0 Å². The van der Waals surface area contributed by atoms with Crippen LogP contribution >= 0.6 is 0 Å². The SMILES string of the molecule is CC(C)N1CCN(C/C=C/C(=O)O)CC1. The highest BCUT2D eigenvalue weighted by atomic mass is 16.4. The maximum atomic E-state index is 10.3. The molecular weight excluding hydrogens is 192 g/mol. The maximum Gasteiger partial charge on any atom is 0.328 e. The van der Waals surface area contributed by atoms with Gasteiger partial charge in [0, 0.05) is 44.8 Å². The van der Waals surface area contributed by atoms with Gasteiger partial charge in [-0.3, -0.25) is 9.80 Å². The molecule has 1 rings (SSSR count). The molecule has 0 amide bonds. The maximum absolute atomic E-state index is 10.3. The van der Waals surface area contributed by atoms with Gasteiger partial charge in [-0.15, -0.1) is 0 Å². The van der Waals surface area contributed by atoms with E-state index in [9.17, 15) is 4.79 Å². The molecule has 1 fully saturated rings. The minimum absolute atomic E-state index is 0.613. The first-order valence-corrected chi connectivity index (χ1v) is 5.45. The molecular formula is C11H20N2O2. The molecule has 0 unspecified atom stereocenters. The summed E-state index contributed by atoms with van der Waals surface area (Å²) in [6.07, 6.45) is 2.93. The third kappa shape index (κ3) is 4.44. The van der Waals surface area contributed by atoms with Gasteiger partial charge in [-0.2, -0.15) is 0 Å². The minimum Gasteiger partial charge on any atom is -0.478 e. The summed E-state index contributed by atoms with van der Waals surface area (Å²) in [5.41, 5.74) is 0. The van der Waals surface area contributed by atoms with E-state index in [4.69, 9.17) is 5.11 Å². The Morgan fingerprint density at radius 1 is 1.33 bits per heavy atom. The summed E-state index contributed by atoms with van der Waals surface area (Å²) in [5, 5.41) is 8.44. The van der Waals surface area contributed by atoms with Crippen molar-refractivity contribution in [3.63, 3.8) is 0 Å². The topological polar surface area (TPSA) is 43.8 Å². The lowest BCUT2D eigenvalue weighted by atomic mass is 10.2. The molecule has 4 heteroatoms. The number of rotatable bonds is 4. The molecule has 0 atom stereocenters. The average molecular weight is 212 g/mol. The molecule has 0 aromatic heterocycles. The number of nitrogens with zero attached hydrogens (tertiary/aromatic N) is 2. The number of piperazine rings is 1. The van der Waals surface area contributed by atoms with E-state index in [0.717, 1.165) is 32.7 Å². The van der Waals surface area contributed by atoms with Crippen molar-refractivity contribution in [3.05, 3.63) is 12.2 Å². The Hall–Kier alpha value is -0.870. The summed E-state index contributed by atoms with van der Waals surface area (Å²) in [7, 11) is 0. The zero-order valence-electron chi connectivity index (χ0n) is 9.52.